The molecule has 1 aromatic heterocycles. The fourth-order valence-corrected chi connectivity index (χ4v) is 2.30. The highest BCUT2D eigenvalue weighted by atomic mass is 16.3. The molecule has 0 unspecified atom stereocenters. The predicted molar refractivity (Wildman–Crippen MR) is 66.7 cm³/mol. The van der Waals surface area contributed by atoms with Crippen molar-refractivity contribution in [3.8, 4) is 0 Å². The van der Waals surface area contributed by atoms with Crippen LogP contribution in [0.25, 0.3) is 0 Å². The second-order valence-electron chi connectivity index (χ2n) is 4.72. The lowest BCUT2D eigenvalue weighted by Gasteiger charge is -2.24. The third kappa shape index (κ3) is 3.08. The Balaban J connectivity index is 1.98. The summed E-state index contributed by atoms with van der Waals surface area (Å²) < 4.78 is 0. The minimum Gasteiger partial charge on any atom is -0.395 e. The molecular formula is C12H20N4O2. The van der Waals surface area contributed by atoms with Crippen molar-refractivity contribution >= 4 is 5.91 Å². The molecule has 0 radical (unpaired) electrons. The van der Waals surface area contributed by atoms with E-state index in [9.17, 15) is 4.79 Å². The topological polar surface area (TPSA) is 81.2 Å². The number of hydrogen-bond donors (Lipinski definition) is 3. The van der Waals surface area contributed by atoms with Gasteiger partial charge in [-0.05, 0) is 19.8 Å². The van der Waals surface area contributed by atoms with E-state index < -0.39 is 0 Å². The van der Waals surface area contributed by atoms with E-state index in [1.165, 1.54) is 0 Å². The number of carbonyl (C=O) groups is 1. The molecule has 0 aromatic carbocycles. The third-order valence-corrected chi connectivity index (χ3v) is 3.25. The summed E-state index contributed by atoms with van der Waals surface area (Å²) in [5.74, 6) is 0.785. The first-order chi connectivity index (χ1) is 8.70. The number of aliphatic hydroxyl groups excluding tert-OH is 1. The first kappa shape index (κ1) is 13.0. The SMILES string of the molecule is C[C@H]1CC[C@@H](C(=O)N(CCO)Cc2ncc[nH]2)N1. The monoisotopic (exact) mass is 252 g/mol. The Hall–Kier alpha value is -1.40. The molecule has 1 saturated heterocycles. The Morgan fingerprint density at radius 1 is 1.61 bits per heavy atom. The molecule has 1 aliphatic heterocycles. The number of aromatic nitrogens is 2. The van der Waals surface area contributed by atoms with Crippen LogP contribution < -0.4 is 5.32 Å². The molecule has 18 heavy (non-hydrogen) atoms. The number of nitrogens with one attached hydrogen (secondary N) is 2. The number of aliphatic hydroxyl groups is 1. The number of amides is 1. The standard InChI is InChI=1S/C12H20N4O2/c1-9-2-3-10(15-9)12(18)16(6-7-17)8-11-13-4-5-14-11/h4-5,9-10,15,17H,2-3,6-8H2,1H3,(H,13,14)/t9-,10-/m0/s1. The largest absolute Gasteiger partial charge is 0.395 e. The van der Waals surface area contributed by atoms with Gasteiger partial charge in [0.15, 0.2) is 0 Å². The summed E-state index contributed by atoms with van der Waals surface area (Å²) >= 11 is 0. The minimum atomic E-state index is -0.124. The number of nitrogens with zero attached hydrogens (tertiary/aromatic N) is 2. The van der Waals surface area contributed by atoms with Crippen LogP contribution in [-0.4, -0.2) is 51.1 Å². The van der Waals surface area contributed by atoms with Crippen LogP contribution in [-0.2, 0) is 11.3 Å². The Morgan fingerprint density at radius 3 is 3.00 bits per heavy atom. The van der Waals surface area contributed by atoms with E-state index in [2.05, 4.69) is 22.2 Å². The van der Waals surface area contributed by atoms with Crippen molar-refractivity contribution in [2.75, 3.05) is 13.2 Å². The van der Waals surface area contributed by atoms with Crippen molar-refractivity contribution in [3.05, 3.63) is 18.2 Å². The number of aromatic amines is 1. The van der Waals surface area contributed by atoms with E-state index in [1.807, 2.05) is 0 Å². The van der Waals surface area contributed by atoms with Gasteiger partial charge in [-0.15, -0.1) is 0 Å². The predicted octanol–water partition coefficient (Wildman–Crippen LogP) is -0.129. The molecule has 2 heterocycles. The molecule has 1 aliphatic rings. The van der Waals surface area contributed by atoms with Crippen molar-refractivity contribution < 1.29 is 9.90 Å². The van der Waals surface area contributed by atoms with E-state index in [1.54, 1.807) is 17.3 Å². The van der Waals surface area contributed by atoms with Gasteiger partial charge >= 0.3 is 0 Å². The van der Waals surface area contributed by atoms with Gasteiger partial charge in [0.25, 0.3) is 0 Å². The summed E-state index contributed by atoms with van der Waals surface area (Å²) in [6, 6.07) is 0.264. The second-order valence-corrected chi connectivity index (χ2v) is 4.72. The first-order valence-electron chi connectivity index (χ1n) is 6.34. The highest BCUT2D eigenvalue weighted by molar-refractivity contribution is 5.82. The second kappa shape index (κ2) is 5.97. The molecule has 1 aromatic rings. The quantitative estimate of drug-likeness (QED) is 0.682. The molecule has 6 nitrogen and oxygen atoms in total. The smallest absolute Gasteiger partial charge is 0.240 e. The molecule has 0 saturated carbocycles. The van der Waals surface area contributed by atoms with E-state index in [4.69, 9.17) is 5.11 Å². The first-order valence-corrected chi connectivity index (χ1v) is 6.34. The van der Waals surface area contributed by atoms with Crippen molar-refractivity contribution in [3.63, 3.8) is 0 Å². The van der Waals surface area contributed by atoms with Gasteiger partial charge in [0, 0.05) is 25.0 Å². The van der Waals surface area contributed by atoms with E-state index in [0.29, 0.717) is 19.1 Å². The molecular weight excluding hydrogens is 232 g/mol. The highest BCUT2D eigenvalue weighted by Crippen LogP contribution is 2.14. The molecule has 0 aliphatic carbocycles. The van der Waals surface area contributed by atoms with Gasteiger partial charge in [-0.25, -0.2) is 4.98 Å². The van der Waals surface area contributed by atoms with E-state index in [-0.39, 0.29) is 18.6 Å². The number of H-pyrrole nitrogens is 1. The fraction of sp³-hybridized carbons (Fsp3) is 0.667. The van der Waals surface area contributed by atoms with Crippen LogP contribution in [0.5, 0.6) is 0 Å². The van der Waals surface area contributed by atoms with Gasteiger partial charge in [0.2, 0.25) is 5.91 Å². The van der Waals surface area contributed by atoms with Crippen LogP contribution in [0.15, 0.2) is 12.4 Å². The van der Waals surface area contributed by atoms with Crippen LogP contribution in [0, 0.1) is 0 Å². The summed E-state index contributed by atoms with van der Waals surface area (Å²) in [4.78, 5) is 21.0. The molecule has 100 valence electrons. The maximum atomic E-state index is 12.3. The number of carbonyl (C=O) groups excluding carboxylic acids is 1. The molecule has 0 bridgehead atoms. The van der Waals surface area contributed by atoms with Gasteiger partial charge in [0.1, 0.15) is 5.82 Å². The highest BCUT2D eigenvalue weighted by Gasteiger charge is 2.30. The lowest BCUT2D eigenvalue weighted by molar-refractivity contribution is -0.134. The third-order valence-electron chi connectivity index (χ3n) is 3.25. The van der Waals surface area contributed by atoms with Crippen molar-refractivity contribution in [2.45, 2.75) is 38.4 Å². The summed E-state index contributed by atoms with van der Waals surface area (Å²) in [5.41, 5.74) is 0. The van der Waals surface area contributed by atoms with Crippen molar-refractivity contribution in [1.29, 1.82) is 0 Å². The average molecular weight is 252 g/mol. The molecule has 0 spiro atoms. The molecule has 3 N–H and O–H groups in total. The van der Waals surface area contributed by atoms with Gasteiger partial charge in [0.05, 0.1) is 19.2 Å². The number of imidazole rings is 1. The lowest BCUT2D eigenvalue weighted by Crippen LogP contribution is -2.45. The molecule has 1 fully saturated rings. The zero-order valence-electron chi connectivity index (χ0n) is 10.6. The van der Waals surface area contributed by atoms with Crippen molar-refractivity contribution in [2.24, 2.45) is 0 Å². The van der Waals surface area contributed by atoms with Crippen LogP contribution in [0.3, 0.4) is 0 Å². The maximum absolute atomic E-state index is 12.3. The van der Waals surface area contributed by atoms with E-state index in [0.717, 1.165) is 18.7 Å². The summed E-state index contributed by atoms with van der Waals surface area (Å²) in [5, 5.41) is 12.3. The van der Waals surface area contributed by atoms with E-state index >= 15 is 0 Å². The minimum absolute atomic E-state index is 0.0330. The van der Waals surface area contributed by atoms with Crippen molar-refractivity contribution in [1.82, 2.24) is 20.2 Å². The normalized spacial score (nSPS) is 23.2. The van der Waals surface area contributed by atoms with Gasteiger partial charge in [-0.1, -0.05) is 0 Å². The Morgan fingerprint density at radius 2 is 2.44 bits per heavy atom. The summed E-state index contributed by atoms with van der Waals surface area (Å²) in [6.07, 6.45) is 5.27. The number of hydrogen-bond acceptors (Lipinski definition) is 4. The zero-order chi connectivity index (χ0) is 13.0. The lowest BCUT2D eigenvalue weighted by atomic mass is 10.2. The molecule has 2 atom stereocenters. The average Bonchev–Trinajstić information content (AvgIpc) is 2.99. The summed E-state index contributed by atoms with van der Waals surface area (Å²) in [6.45, 7) is 2.80. The van der Waals surface area contributed by atoms with Crippen LogP contribution in [0.4, 0.5) is 0 Å². The zero-order valence-corrected chi connectivity index (χ0v) is 10.6. The van der Waals surface area contributed by atoms with Crippen LogP contribution in [0.2, 0.25) is 0 Å². The molecule has 6 heteroatoms. The molecule has 1 amide bonds. The Bertz CT molecular complexity index is 379. The fourth-order valence-electron chi connectivity index (χ4n) is 2.30. The number of rotatable bonds is 5. The summed E-state index contributed by atoms with van der Waals surface area (Å²) in [7, 11) is 0. The molecule has 2 rings (SSSR count). The van der Waals surface area contributed by atoms with Gasteiger partial charge < -0.3 is 20.3 Å². The Labute approximate surface area is 106 Å². The van der Waals surface area contributed by atoms with Gasteiger partial charge in [-0.2, -0.15) is 0 Å². The van der Waals surface area contributed by atoms with Crippen LogP contribution in [0.1, 0.15) is 25.6 Å². The van der Waals surface area contributed by atoms with Gasteiger partial charge in [-0.3, -0.25) is 4.79 Å². The Kier molecular flexibility index (Phi) is 4.33. The van der Waals surface area contributed by atoms with Crippen LogP contribution >= 0.6 is 0 Å². The maximum Gasteiger partial charge on any atom is 0.240 e.